The molecule has 0 spiro atoms. The predicted octanol–water partition coefficient (Wildman–Crippen LogP) is 3.33. The van der Waals surface area contributed by atoms with E-state index < -0.39 is 13.8 Å². The molecule has 0 bridgehead atoms. The smallest absolute Gasteiger partial charge is 0.395 e. The van der Waals surface area contributed by atoms with Crippen molar-refractivity contribution < 1.29 is 23.3 Å². The molecule has 0 heterocycles. The van der Waals surface area contributed by atoms with Crippen LogP contribution in [0.3, 0.4) is 0 Å². The second-order valence-electron chi connectivity index (χ2n) is 4.12. The molecular formula is C14H13O5P. The Hall–Kier alpha value is -2.10. The Bertz CT molecular complexity index is 636. The van der Waals surface area contributed by atoms with E-state index in [0.29, 0.717) is 0 Å². The summed E-state index contributed by atoms with van der Waals surface area (Å²) in [7, 11) is -4.50. The van der Waals surface area contributed by atoms with Gasteiger partial charge in [-0.15, -0.1) is 0 Å². The van der Waals surface area contributed by atoms with Crippen LogP contribution in [0.15, 0.2) is 54.6 Å². The molecule has 0 saturated heterocycles. The quantitative estimate of drug-likeness (QED) is 0.875. The maximum absolute atomic E-state index is 11.7. The summed E-state index contributed by atoms with van der Waals surface area (Å²) in [5.41, 5.74) is 1.15. The van der Waals surface area contributed by atoms with Gasteiger partial charge in [-0.1, -0.05) is 35.9 Å². The Balaban J connectivity index is 2.06. The number of aryl methyl sites for hydroxylation is 1. The Labute approximate surface area is 116 Å². The Morgan fingerprint density at radius 2 is 1.65 bits per heavy atom. The molecule has 0 aromatic heterocycles. The first-order chi connectivity index (χ1) is 9.46. The van der Waals surface area contributed by atoms with Crippen molar-refractivity contribution in [2.75, 3.05) is 0 Å². The Morgan fingerprint density at radius 3 is 2.25 bits per heavy atom. The van der Waals surface area contributed by atoms with Gasteiger partial charge in [-0.2, -0.15) is 0 Å². The van der Waals surface area contributed by atoms with E-state index in [9.17, 15) is 14.3 Å². The summed E-state index contributed by atoms with van der Waals surface area (Å²) in [6.45, 7) is 1.87. The second-order valence-corrected chi connectivity index (χ2v) is 5.42. The number of phosphoric acid groups is 1. The lowest BCUT2D eigenvalue weighted by molar-refractivity contribution is 0.0683. The minimum absolute atomic E-state index is 0.155. The first-order valence-corrected chi connectivity index (χ1v) is 7.34. The van der Waals surface area contributed by atoms with Crippen molar-refractivity contribution in [3.05, 3.63) is 65.7 Å². The third-order valence-electron chi connectivity index (χ3n) is 2.45. The molecule has 6 heteroatoms. The maximum Gasteiger partial charge on any atom is 0.587 e. The summed E-state index contributed by atoms with van der Waals surface area (Å²) in [4.78, 5) is 21.2. The van der Waals surface area contributed by atoms with Crippen molar-refractivity contribution in [2.24, 2.45) is 0 Å². The van der Waals surface area contributed by atoms with Crippen LogP contribution >= 0.6 is 7.82 Å². The van der Waals surface area contributed by atoms with Gasteiger partial charge >= 0.3 is 13.8 Å². The molecule has 0 aliphatic rings. The number of hydrogen-bond donors (Lipinski definition) is 1. The van der Waals surface area contributed by atoms with Gasteiger partial charge in [0.2, 0.25) is 0 Å². The van der Waals surface area contributed by atoms with Crippen molar-refractivity contribution >= 4 is 13.8 Å². The zero-order chi connectivity index (χ0) is 14.6. The van der Waals surface area contributed by atoms with Gasteiger partial charge in [0.15, 0.2) is 0 Å². The second kappa shape index (κ2) is 5.90. The van der Waals surface area contributed by atoms with E-state index in [1.807, 2.05) is 6.92 Å². The van der Waals surface area contributed by atoms with Crippen LogP contribution in [-0.4, -0.2) is 10.9 Å². The lowest BCUT2D eigenvalue weighted by atomic mass is 10.2. The van der Waals surface area contributed by atoms with Gasteiger partial charge in [0.25, 0.3) is 0 Å². The Kier molecular flexibility index (Phi) is 4.23. The highest BCUT2D eigenvalue weighted by Crippen LogP contribution is 2.44. The van der Waals surface area contributed by atoms with Crippen molar-refractivity contribution in [3.63, 3.8) is 0 Å². The zero-order valence-electron chi connectivity index (χ0n) is 10.7. The van der Waals surface area contributed by atoms with Gasteiger partial charge in [0.1, 0.15) is 5.75 Å². The van der Waals surface area contributed by atoms with Crippen LogP contribution in [0.25, 0.3) is 0 Å². The third kappa shape index (κ3) is 3.95. The fraction of sp³-hybridized carbons (Fsp3) is 0.0714. The maximum atomic E-state index is 11.7. The van der Waals surface area contributed by atoms with E-state index in [4.69, 9.17) is 4.52 Å². The van der Waals surface area contributed by atoms with E-state index >= 15 is 0 Å². The van der Waals surface area contributed by atoms with E-state index in [2.05, 4.69) is 4.52 Å². The van der Waals surface area contributed by atoms with Crippen molar-refractivity contribution in [2.45, 2.75) is 6.92 Å². The highest BCUT2D eigenvalue weighted by atomic mass is 31.2. The highest BCUT2D eigenvalue weighted by molar-refractivity contribution is 7.48. The first kappa shape index (κ1) is 14.3. The molecule has 0 aliphatic carbocycles. The van der Waals surface area contributed by atoms with Crippen LogP contribution < -0.4 is 4.52 Å². The summed E-state index contributed by atoms with van der Waals surface area (Å²) < 4.78 is 21.1. The molecule has 1 unspecified atom stereocenters. The van der Waals surface area contributed by atoms with Crippen LogP contribution in [-0.2, 0) is 9.09 Å². The van der Waals surface area contributed by atoms with Crippen LogP contribution in [0.5, 0.6) is 5.75 Å². The molecule has 2 rings (SSSR count). The summed E-state index contributed by atoms with van der Waals surface area (Å²) >= 11 is 0. The standard InChI is InChI=1S/C14H13O5P/c1-11-7-9-13(10-8-11)18-20(16,17)19-14(15)12-5-3-2-4-6-12/h2-10H,1H3,(H,16,17). The molecule has 104 valence electrons. The summed E-state index contributed by atoms with van der Waals surface area (Å²) in [6, 6.07) is 14.4. The van der Waals surface area contributed by atoms with Crippen LogP contribution in [0.1, 0.15) is 15.9 Å². The minimum atomic E-state index is -4.50. The van der Waals surface area contributed by atoms with Crippen molar-refractivity contribution in [3.8, 4) is 5.75 Å². The van der Waals surface area contributed by atoms with Crippen LogP contribution in [0.2, 0.25) is 0 Å². The Morgan fingerprint density at radius 1 is 1.05 bits per heavy atom. The van der Waals surface area contributed by atoms with Crippen molar-refractivity contribution in [1.29, 1.82) is 0 Å². The highest BCUT2D eigenvalue weighted by Gasteiger charge is 2.28. The predicted molar refractivity (Wildman–Crippen MR) is 73.5 cm³/mol. The van der Waals surface area contributed by atoms with Gasteiger partial charge in [0, 0.05) is 0 Å². The molecule has 0 aliphatic heterocycles. The number of benzene rings is 2. The molecule has 2 aromatic carbocycles. The summed E-state index contributed by atoms with van der Waals surface area (Å²) in [6.07, 6.45) is 0. The topological polar surface area (TPSA) is 72.8 Å². The number of carbonyl (C=O) groups excluding carboxylic acids is 1. The van der Waals surface area contributed by atoms with E-state index in [0.717, 1.165) is 5.56 Å². The monoisotopic (exact) mass is 292 g/mol. The molecule has 1 atom stereocenters. The number of phosphoric ester groups is 1. The van der Waals surface area contributed by atoms with Gasteiger partial charge in [0.05, 0.1) is 5.56 Å². The zero-order valence-corrected chi connectivity index (χ0v) is 11.6. The average Bonchev–Trinajstić information content (AvgIpc) is 2.41. The number of carbonyl (C=O) groups is 1. The van der Waals surface area contributed by atoms with Gasteiger partial charge < -0.3 is 9.05 Å². The normalized spacial score (nSPS) is 13.3. The van der Waals surface area contributed by atoms with E-state index in [-0.39, 0.29) is 11.3 Å². The van der Waals surface area contributed by atoms with E-state index in [1.54, 1.807) is 30.3 Å². The fourth-order valence-corrected chi connectivity index (χ4v) is 2.22. The number of hydrogen-bond acceptors (Lipinski definition) is 4. The summed E-state index contributed by atoms with van der Waals surface area (Å²) in [5, 5.41) is 0. The SMILES string of the molecule is Cc1ccc(OP(=O)(O)OC(=O)c2ccccc2)cc1. The third-order valence-corrected chi connectivity index (χ3v) is 3.29. The number of rotatable bonds is 4. The minimum Gasteiger partial charge on any atom is -0.395 e. The van der Waals surface area contributed by atoms with Crippen molar-refractivity contribution in [1.82, 2.24) is 0 Å². The van der Waals surface area contributed by atoms with Gasteiger partial charge in [-0.25, -0.2) is 9.36 Å². The van der Waals surface area contributed by atoms with Crippen LogP contribution in [0, 0.1) is 6.92 Å². The molecule has 1 N–H and O–H groups in total. The van der Waals surface area contributed by atoms with Gasteiger partial charge in [-0.3, -0.25) is 4.89 Å². The average molecular weight is 292 g/mol. The van der Waals surface area contributed by atoms with E-state index in [1.165, 1.54) is 24.3 Å². The molecule has 0 saturated carbocycles. The summed E-state index contributed by atoms with van der Waals surface area (Å²) in [5.74, 6) is -0.758. The molecule has 0 radical (unpaired) electrons. The van der Waals surface area contributed by atoms with Gasteiger partial charge in [-0.05, 0) is 31.2 Å². The molecule has 2 aromatic rings. The lowest BCUT2D eigenvalue weighted by Crippen LogP contribution is -2.06. The molecule has 0 amide bonds. The fourth-order valence-electron chi connectivity index (χ4n) is 1.48. The largest absolute Gasteiger partial charge is 0.587 e. The molecule has 0 fully saturated rings. The molecule has 20 heavy (non-hydrogen) atoms. The first-order valence-electron chi connectivity index (χ1n) is 5.84. The molecular weight excluding hydrogens is 279 g/mol. The lowest BCUT2D eigenvalue weighted by Gasteiger charge is -2.12. The van der Waals surface area contributed by atoms with Crippen LogP contribution in [0.4, 0.5) is 0 Å². The molecule has 5 nitrogen and oxygen atoms in total.